The monoisotopic (exact) mass is 260 g/mol. The van der Waals surface area contributed by atoms with Crippen LogP contribution in [0.3, 0.4) is 0 Å². The lowest BCUT2D eigenvalue weighted by Gasteiger charge is -2.12. The third-order valence-electron chi connectivity index (χ3n) is 4.14. The predicted molar refractivity (Wildman–Crippen MR) is 80.2 cm³/mol. The molecule has 0 spiro atoms. The average molecular weight is 260 g/mol. The zero-order valence-corrected chi connectivity index (χ0v) is 12.0. The summed E-state index contributed by atoms with van der Waals surface area (Å²) < 4.78 is 0. The van der Waals surface area contributed by atoms with Gasteiger partial charge in [-0.2, -0.15) is 0 Å². The molecule has 3 heteroatoms. The van der Waals surface area contributed by atoms with Gasteiger partial charge in [0.2, 0.25) is 5.91 Å². The molecule has 2 rings (SSSR count). The standard InChI is InChI=1S/C16H24N2O/c1-11-9-12(2)15(10-14(11)17)18-16(19)8-7-13-5-3-4-6-13/h9-10,13H,3-8,17H2,1-2H3,(H,18,19). The molecule has 19 heavy (non-hydrogen) atoms. The molecule has 1 aromatic rings. The van der Waals surface area contributed by atoms with E-state index in [1.165, 1.54) is 25.7 Å². The quantitative estimate of drug-likeness (QED) is 0.809. The molecule has 3 nitrogen and oxygen atoms in total. The molecule has 0 radical (unpaired) electrons. The lowest BCUT2D eigenvalue weighted by atomic mass is 10.0. The van der Waals surface area contributed by atoms with E-state index >= 15 is 0 Å². The van der Waals surface area contributed by atoms with Crippen molar-refractivity contribution in [2.24, 2.45) is 5.92 Å². The molecule has 1 amide bonds. The summed E-state index contributed by atoms with van der Waals surface area (Å²) in [5.41, 5.74) is 9.59. The molecule has 0 heterocycles. The van der Waals surface area contributed by atoms with Gasteiger partial charge in [0.1, 0.15) is 0 Å². The number of anilines is 2. The summed E-state index contributed by atoms with van der Waals surface area (Å²) in [6.45, 7) is 3.98. The van der Waals surface area contributed by atoms with Gasteiger partial charge in [-0.05, 0) is 43.4 Å². The van der Waals surface area contributed by atoms with Crippen molar-refractivity contribution in [2.45, 2.75) is 52.4 Å². The molecule has 0 unspecified atom stereocenters. The summed E-state index contributed by atoms with van der Waals surface area (Å²) in [6, 6.07) is 3.88. The van der Waals surface area contributed by atoms with Crippen molar-refractivity contribution in [2.75, 3.05) is 11.1 Å². The summed E-state index contributed by atoms with van der Waals surface area (Å²) in [4.78, 5) is 12.0. The van der Waals surface area contributed by atoms with Crippen molar-refractivity contribution in [1.29, 1.82) is 0 Å². The second-order valence-electron chi connectivity index (χ2n) is 5.76. The molecular formula is C16H24N2O. The largest absolute Gasteiger partial charge is 0.398 e. The first-order valence-corrected chi connectivity index (χ1v) is 7.23. The second-order valence-corrected chi connectivity index (χ2v) is 5.76. The van der Waals surface area contributed by atoms with Crippen LogP contribution in [0, 0.1) is 19.8 Å². The Morgan fingerprint density at radius 1 is 1.26 bits per heavy atom. The maximum Gasteiger partial charge on any atom is 0.224 e. The molecule has 3 N–H and O–H groups in total. The molecule has 0 atom stereocenters. The number of amides is 1. The van der Waals surface area contributed by atoms with E-state index in [0.717, 1.165) is 34.8 Å². The van der Waals surface area contributed by atoms with E-state index in [1.54, 1.807) is 0 Å². The van der Waals surface area contributed by atoms with Gasteiger partial charge in [0.05, 0.1) is 0 Å². The third-order valence-corrected chi connectivity index (χ3v) is 4.14. The van der Waals surface area contributed by atoms with Crippen LogP contribution < -0.4 is 11.1 Å². The second kappa shape index (κ2) is 6.09. The SMILES string of the molecule is Cc1cc(C)c(NC(=O)CCC2CCCC2)cc1N. The van der Waals surface area contributed by atoms with E-state index in [2.05, 4.69) is 5.32 Å². The highest BCUT2D eigenvalue weighted by Gasteiger charge is 2.16. The summed E-state index contributed by atoms with van der Waals surface area (Å²) in [5.74, 6) is 0.869. The fraction of sp³-hybridized carbons (Fsp3) is 0.562. The number of hydrogen-bond donors (Lipinski definition) is 2. The Bertz CT molecular complexity index is 462. The zero-order chi connectivity index (χ0) is 13.8. The van der Waals surface area contributed by atoms with Crippen LogP contribution in [0.25, 0.3) is 0 Å². The van der Waals surface area contributed by atoms with E-state index < -0.39 is 0 Å². The molecule has 1 fully saturated rings. The van der Waals surface area contributed by atoms with Gasteiger partial charge < -0.3 is 11.1 Å². The van der Waals surface area contributed by atoms with Crippen molar-refractivity contribution in [3.05, 3.63) is 23.3 Å². The van der Waals surface area contributed by atoms with E-state index in [4.69, 9.17) is 5.73 Å². The Balaban J connectivity index is 1.89. The summed E-state index contributed by atoms with van der Waals surface area (Å²) in [6.07, 6.45) is 6.90. The minimum atomic E-state index is 0.109. The smallest absolute Gasteiger partial charge is 0.224 e. The van der Waals surface area contributed by atoms with Gasteiger partial charge in [-0.3, -0.25) is 4.79 Å². The van der Waals surface area contributed by atoms with Gasteiger partial charge in [0, 0.05) is 17.8 Å². The van der Waals surface area contributed by atoms with Crippen LogP contribution in [0.15, 0.2) is 12.1 Å². The van der Waals surface area contributed by atoms with Crippen LogP contribution in [0.2, 0.25) is 0 Å². The Kier molecular flexibility index (Phi) is 4.46. The normalized spacial score (nSPS) is 15.7. The maximum absolute atomic E-state index is 12.0. The van der Waals surface area contributed by atoms with Crippen molar-refractivity contribution in [3.63, 3.8) is 0 Å². The van der Waals surface area contributed by atoms with Gasteiger partial charge in [-0.15, -0.1) is 0 Å². The number of nitrogens with two attached hydrogens (primary N) is 1. The topological polar surface area (TPSA) is 55.1 Å². The fourth-order valence-corrected chi connectivity index (χ4v) is 2.85. The van der Waals surface area contributed by atoms with Crippen molar-refractivity contribution >= 4 is 17.3 Å². The summed E-state index contributed by atoms with van der Waals surface area (Å²) in [5, 5.41) is 2.98. The van der Waals surface area contributed by atoms with Gasteiger partial charge in [0.25, 0.3) is 0 Å². The highest BCUT2D eigenvalue weighted by Crippen LogP contribution is 2.29. The predicted octanol–water partition coefficient (Wildman–Crippen LogP) is 3.79. The van der Waals surface area contributed by atoms with Crippen LogP contribution >= 0.6 is 0 Å². The Morgan fingerprint density at radius 2 is 1.95 bits per heavy atom. The Morgan fingerprint density at radius 3 is 2.63 bits per heavy atom. The van der Waals surface area contributed by atoms with Crippen LogP contribution in [0.1, 0.15) is 49.7 Å². The first kappa shape index (κ1) is 13.9. The molecule has 1 aliphatic rings. The van der Waals surface area contributed by atoms with Crippen LogP contribution in [0.4, 0.5) is 11.4 Å². The van der Waals surface area contributed by atoms with E-state index in [0.29, 0.717) is 6.42 Å². The molecule has 1 aliphatic carbocycles. The first-order valence-electron chi connectivity index (χ1n) is 7.23. The fourth-order valence-electron chi connectivity index (χ4n) is 2.85. The molecule has 1 aromatic carbocycles. The van der Waals surface area contributed by atoms with Gasteiger partial charge in [0.15, 0.2) is 0 Å². The lowest BCUT2D eigenvalue weighted by molar-refractivity contribution is -0.116. The Hall–Kier alpha value is -1.51. The highest BCUT2D eigenvalue weighted by molar-refractivity contribution is 5.92. The van der Waals surface area contributed by atoms with Crippen molar-refractivity contribution in [3.8, 4) is 0 Å². The number of hydrogen-bond acceptors (Lipinski definition) is 2. The number of nitrogen functional groups attached to an aromatic ring is 1. The van der Waals surface area contributed by atoms with E-state index in [9.17, 15) is 4.79 Å². The van der Waals surface area contributed by atoms with Crippen LogP contribution in [-0.4, -0.2) is 5.91 Å². The third kappa shape index (κ3) is 3.72. The minimum Gasteiger partial charge on any atom is -0.398 e. The molecule has 1 saturated carbocycles. The molecule has 104 valence electrons. The maximum atomic E-state index is 12.0. The lowest BCUT2D eigenvalue weighted by Crippen LogP contribution is -2.14. The van der Waals surface area contributed by atoms with Crippen LogP contribution in [0.5, 0.6) is 0 Å². The van der Waals surface area contributed by atoms with Crippen LogP contribution in [-0.2, 0) is 4.79 Å². The summed E-state index contributed by atoms with van der Waals surface area (Å²) >= 11 is 0. The molecule has 0 bridgehead atoms. The number of nitrogens with one attached hydrogen (secondary N) is 1. The molecule has 0 saturated heterocycles. The van der Waals surface area contributed by atoms with Gasteiger partial charge in [-0.1, -0.05) is 31.7 Å². The van der Waals surface area contributed by atoms with Gasteiger partial charge in [-0.25, -0.2) is 0 Å². The minimum absolute atomic E-state index is 0.109. The van der Waals surface area contributed by atoms with Crippen molar-refractivity contribution in [1.82, 2.24) is 0 Å². The molecule has 0 aliphatic heterocycles. The van der Waals surface area contributed by atoms with E-state index in [1.807, 2.05) is 26.0 Å². The number of benzene rings is 1. The molecule has 0 aromatic heterocycles. The van der Waals surface area contributed by atoms with Gasteiger partial charge >= 0.3 is 0 Å². The number of carbonyl (C=O) groups excluding carboxylic acids is 1. The summed E-state index contributed by atoms with van der Waals surface area (Å²) in [7, 11) is 0. The zero-order valence-electron chi connectivity index (χ0n) is 12.0. The number of carbonyl (C=O) groups is 1. The number of rotatable bonds is 4. The van der Waals surface area contributed by atoms with Crippen molar-refractivity contribution < 1.29 is 4.79 Å². The Labute approximate surface area is 115 Å². The molecular weight excluding hydrogens is 236 g/mol. The first-order chi connectivity index (χ1) is 9.06. The average Bonchev–Trinajstić information content (AvgIpc) is 2.86. The van der Waals surface area contributed by atoms with E-state index in [-0.39, 0.29) is 5.91 Å². The highest BCUT2D eigenvalue weighted by atomic mass is 16.1. The number of aryl methyl sites for hydroxylation is 2.